The highest BCUT2D eigenvalue weighted by Crippen LogP contribution is 2.09. The number of aliphatic hydroxyl groups is 1. The summed E-state index contributed by atoms with van der Waals surface area (Å²) in [6.07, 6.45) is 4.68. The van der Waals surface area contributed by atoms with E-state index in [2.05, 4.69) is 12.2 Å². The Kier molecular flexibility index (Phi) is 9.83. The molecule has 0 spiro atoms. The highest BCUT2D eigenvalue weighted by molar-refractivity contribution is 8.00. The van der Waals surface area contributed by atoms with Gasteiger partial charge >= 0.3 is 0 Å². The van der Waals surface area contributed by atoms with Crippen LogP contribution in [0.4, 0.5) is 0 Å². The van der Waals surface area contributed by atoms with Crippen molar-refractivity contribution in [1.29, 1.82) is 0 Å². The van der Waals surface area contributed by atoms with Crippen LogP contribution in [0.1, 0.15) is 46.5 Å². The first-order valence-corrected chi connectivity index (χ1v) is 7.16. The molecule has 0 aromatic heterocycles. The summed E-state index contributed by atoms with van der Waals surface area (Å²) in [5.74, 6) is 0.522. The number of hydrogen-bond acceptors (Lipinski definition) is 3. The fourth-order valence-electron chi connectivity index (χ4n) is 1.36. The van der Waals surface area contributed by atoms with E-state index in [1.165, 1.54) is 31.0 Å². The second-order valence-corrected chi connectivity index (χ2v) is 5.70. The Bertz CT molecular complexity index is 188. The van der Waals surface area contributed by atoms with Gasteiger partial charge in [0, 0.05) is 11.3 Å². The van der Waals surface area contributed by atoms with Crippen molar-refractivity contribution in [3.05, 3.63) is 0 Å². The molecule has 2 atom stereocenters. The zero-order chi connectivity index (χ0) is 12.4. The van der Waals surface area contributed by atoms with E-state index >= 15 is 0 Å². The molecule has 0 aromatic carbocycles. The zero-order valence-corrected chi connectivity index (χ0v) is 11.5. The third-order valence-electron chi connectivity index (χ3n) is 2.40. The molecule has 0 bridgehead atoms. The molecular formula is C12H25NO2S. The van der Waals surface area contributed by atoms with Gasteiger partial charge in [-0.15, -0.1) is 11.8 Å². The fourth-order valence-corrected chi connectivity index (χ4v) is 1.98. The van der Waals surface area contributed by atoms with Crippen LogP contribution in [0.2, 0.25) is 0 Å². The van der Waals surface area contributed by atoms with Gasteiger partial charge in [-0.3, -0.25) is 4.79 Å². The molecule has 0 aliphatic rings. The summed E-state index contributed by atoms with van der Waals surface area (Å²) in [7, 11) is 0. The highest BCUT2D eigenvalue weighted by atomic mass is 32.2. The van der Waals surface area contributed by atoms with E-state index in [0.717, 1.165) is 6.42 Å². The minimum atomic E-state index is 0.0781. The number of carbonyl (C=O) groups excluding carboxylic acids is 1. The minimum Gasteiger partial charge on any atom is -0.395 e. The molecule has 2 N–H and O–H groups in total. The summed E-state index contributed by atoms with van der Waals surface area (Å²) >= 11 is 1.49. The number of unbranched alkanes of at least 4 members (excludes halogenated alkanes) is 2. The zero-order valence-electron chi connectivity index (χ0n) is 10.7. The van der Waals surface area contributed by atoms with Crippen LogP contribution < -0.4 is 5.32 Å². The third kappa shape index (κ3) is 9.04. The molecule has 96 valence electrons. The monoisotopic (exact) mass is 247 g/mol. The molecular weight excluding hydrogens is 222 g/mol. The van der Waals surface area contributed by atoms with E-state index in [1.807, 2.05) is 13.8 Å². The van der Waals surface area contributed by atoms with Gasteiger partial charge in [0.05, 0.1) is 12.4 Å². The van der Waals surface area contributed by atoms with E-state index in [0.29, 0.717) is 5.75 Å². The van der Waals surface area contributed by atoms with Gasteiger partial charge in [-0.1, -0.05) is 33.1 Å². The molecule has 0 radical (unpaired) electrons. The summed E-state index contributed by atoms with van der Waals surface area (Å²) in [5, 5.41) is 11.9. The van der Waals surface area contributed by atoms with Gasteiger partial charge in [0.25, 0.3) is 0 Å². The molecule has 2 unspecified atom stereocenters. The molecule has 1 amide bonds. The maximum absolute atomic E-state index is 11.5. The molecule has 0 saturated heterocycles. The van der Waals surface area contributed by atoms with Crippen LogP contribution in [0.25, 0.3) is 0 Å². The van der Waals surface area contributed by atoms with Crippen molar-refractivity contribution in [2.24, 2.45) is 0 Å². The van der Waals surface area contributed by atoms with Gasteiger partial charge in [0.1, 0.15) is 0 Å². The maximum Gasteiger partial charge on any atom is 0.230 e. The molecule has 3 nitrogen and oxygen atoms in total. The van der Waals surface area contributed by atoms with Crippen molar-refractivity contribution in [1.82, 2.24) is 5.32 Å². The van der Waals surface area contributed by atoms with Crippen molar-refractivity contribution < 1.29 is 9.90 Å². The van der Waals surface area contributed by atoms with Crippen molar-refractivity contribution in [3.63, 3.8) is 0 Å². The number of aliphatic hydroxyl groups excluding tert-OH is 1. The molecule has 0 heterocycles. The van der Waals surface area contributed by atoms with Crippen molar-refractivity contribution in [2.45, 2.75) is 57.7 Å². The molecule has 0 aliphatic heterocycles. The average molecular weight is 247 g/mol. The van der Waals surface area contributed by atoms with Crippen molar-refractivity contribution in [2.75, 3.05) is 12.4 Å². The molecule has 16 heavy (non-hydrogen) atoms. The number of nitrogens with one attached hydrogen (secondary N) is 1. The number of rotatable bonds is 9. The topological polar surface area (TPSA) is 49.3 Å². The summed E-state index contributed by atoms with van der Waals surface area (Å²) in [4.78, 5) is 11.5. The Morgan fingerprint density at radius 1 is 1.38 bits per heavy atom. The predicted molar refractivity (Wildman–Crippen MR) is 70.8 cm³/mol. The smallest absolute Gasteiger partial charge is 0.230 e. The van der Waals surface area contributed by atoms with Crippen molar-refractivity contribution in [3.8, 4) is 0 Å². The second-order valence-electron chi connectivity index (χ2n) is 4.27. The Balaban J connectivity index is 3.54. The molecule has 0 aromatic rings. The van der Waals surface area contributed by atoms with Crippen LogP contribution in [0, 0.1) is 0 Å². The molecule has 0 saturated carbocycles. The summed E-state index contributed by atoms with van der Waals surface area (Å²) in [6.45, 7) is 6.27. The molecule has 0 aliphatic carbocycles. The lowest BCUT2D eigenvalue weighted by Gasteiger charge is -2.14. The summed E-state index contributed by atoms with van der Waals surface area (Å²) in [5.41, 5.74) is 0. The van der Waals surface area contributed by atoms with Gasteiger partial charge in [-0.05, 0) is 13.3 Å². The van der Waals surface area contributed by atoms with E-state index in [9.17, 15) is 4.79 Å². The quantitative estimate of drug-likeness (QED) is 0.614. The number of thioether (sulfide) groups is 1. The second kappa shape index (κ2) is 9.97. The Morgan fingerprint density at radius 2 is 2.06 bits per heavy atom. The lowest BCUT2D eigenvalue weighted by molar-refractivity contribution is -0.119. The van der Waals surface area contributed by atoms with E-state index in [-0.39, 0.29) is 23.8 Å². The van der Waals surface area contributed by atoms with Gasteiger partial charge < -0.3 is 10.4 Å². The van der Waals surface area contributed by atoms with E-state index < -0.39 is 0 Å². The fraction of sp³-hybridized carbons (Fsp3) is 0.917. The largest absolute Gasteiger partial charge is 0.395 e. The Morgan fingerprint density at radius 3 is 2.62 bits per heavy atom. The average Bonchev–Trinajstić information content (AvgIpc) is 2.26. The number of amides is 1. The summed E-state index contributed by atoms with van der Waals surface area (Å²) in [6, 6.07) is 0.268. The van der Waals surface area contributed by atoms with Gasteiger partial charge in [0.2, 0.25) is 5.91 Å². The van der Waals surface area contributed by atoms with Gasteiger partial charge in [-0.25, -0.2) is 0 Å². The normalized spacial score (nSPS) is 14.5. The van der Waals surface area contributed by atoms with Crippen molar-refractivity contribution >= 4 is 17.7 Å². The lowest BCUT2D eigenvalue weighted by Crippen LogP contribution is -2.34. The molecule has 0 fully saturated rings. The van der Waals surface area contributed by atoms with Gasteiger partial charge in [0.15, 0.2) is 0 Å². The first-order chi connectivity index (χ1) is 7.60. The van der Waals surface area contributed by atoms with E-state index in [4.69, 9.17) is 5.11 Å². The van der Waals surface area contributed by atoms with Crippen LogP contribution in [-0.2, 0) is 4.79 Å². The van der Waals surface area contributed by atoms with E-state index in [1.54, 1.807) is 0 Å². The maximum atomic E-state index is 11.5. The first kappa shape index (κ1) is 15.8. The standard InChI is InChI=1S/C12H25NO2S/c1-4-5-6-7-10(2)13-12(15)9-16-11(3)8-14/h10-11,14H,4-9H2,1-3H3,(H,13,15). The van der Waals surface area contributed by atoms with Crippen LogP contribution in [0.3, 0.4) is 0 Å². The SMILES string of the molecule is CCCCCC(C)NC(=O)CSC(C)CO. The minimum absolute atomic E-state index is 0.0781. The molecule has 4 heteroatoms. The third-order valence-corrected chi connectivity index (χ3v) is 3.55. The Labute approximate surface area is 103 Å². The summed E-state index contributed by atoms with van der Waals surface area (Å²) < 4.78 is 0. The van der Waals surface area contributed by atoms with Gasteiger partial charge in [-0.2, -0.15) is 0 Å². The number of carbonyl (C=O) groups is 1. The highest BCUT2D eigenvalue weighted by Gasteiger charge is 2.09. The first-order valence-electron chi connectivity index (χ1n) is 6.12. The molecule has 0 rings (SSSR count). The van der Waals surface area contributed by atoms with Crippen LogP contribution in [0.5, 0.6) is 0 Å². The lowest BCUT2D eigenvalue weighted by atomic mass is 10.1. The number of hydrogen-bond donors (Lipinski definition) is 2. The Hall–Kier alpha value is -0.220. The predicted octanol–water partition coefficient (Wildman–Crippen LogP) is 2.19. The van der Waals surface area contributed by atoms with Crippen LogP contribution >= 0.6 is 11.8 Å². The van der Waals surface area contributed by atoms with Crippen LogP contribution in [0.15, 0.2) is 0 Å². The van der Waals surface area contributed by atoms with Crippen LogP contribution in [-0.4, -0.2) is 34.7 Å².